The molecule has 0 bridgehead atoms. The zero-order valence-electron chi connectivity index (χ0n) is 14.5. The van der Waals surface area contributed by atoms with Crippen LogP contribution in [0.25, 0.3) is 16.5 Å². The van der Waals surface area contributed by atoms with Crippen LogP contribution in [0.3, 0.4) is 0 Å². The summed E-state index contributed by atoms with van der Waals surface area (Å²) in [5, 5.41) is 0.879. The first-order chi connectivity index (χ1) is 12.2. The molecular formula is C22H23F2N. The summed E-state index contributed by atoms with van der Waals surface area (Å²) in [4.78, 5) is 0. The topological polar surface area (TPSA) is 4.93 Å². The molecule has 0 atom stereocenters. The van der Waals surface area contributed by atoms with Gasteiger partial charge in [0.15, 0.2) is 0 Å². The first-order valence-corrected chi connectivity index (χ1v) is 8.91. The SMILES string of the molecule is CCCCCCn1cc(C(=C(F)F)c2ccccc2)c2ccccc21. The molecule has 25 heavy (non-hydrogen) atoms. The third-order valence-corrected chi connectivity index (χ3v) is 4.56. The summed E-state index contributed by atoms with van der Waals surface area (Å²) in [5.74, 6) is 0. The van der Waals surface area contributed by atoms with E-state index in [2.05, 4.69) is 11.5 Å². The highest BCUT2D eigenvalue weighted by molar-refractivity contribution is 5.97. The normalized spacial score (nSPS) is 11.0. The average molecular weight is 339 g/mol. The van der Waals surface area contributed by atoms with Crippen LogP contribution in [-0.4, -0.2) is 4.57 Å². The molecule has 0 N–H and O–H groups in total. The van der Waals surface area contributed by atoms with E-state index in [0.717, 1.165) is 30.3 Å². The van der Waals surface area contributed by atoms with Crippen molar-refractivity contribution in [1.82, 2.24) is 4.57 Å². The quantitative estimate of drug-likeness (QED) is 0.414. The zero-order chi connectivity index (χ0) is 17.6. The molecule has 1 aromatic heterocycles. The van der Waals surface area contributed by atoms with E-state index in [-0.39, 0.29) is 5.57 Å². The number of para-hydroxylation sites is 1. The first kappa shape index (κ1) is 17.4. The number of nitrogens with zero attached hydrogens (tertiary/aromatic N) is 1. The van der Waals surface area contributed by atoms with E-state index >= 15 is 0 Å². The Kier molecular flexibility index (Phi) is 5.64. The summed E-state index contributed by atoms with van der Waals surface area (Å²) in [7, 11) is 0. The van der Waals surface area contributed by atoms with Gasteiger partial charge >= 0.3 is 0 Å². The summed E-state index contributed by atoms with van der Waals surface area (Å²) in [6.45, 7) is 3.04. The summed E-state index contributed by atoms with van der Waals surface area (Å²) in [6, 6.07) is 16.7. The second-order valence-corrected chi connectivity index (χ2v) is 6.32. The highest BCUT2D eigenvalue weighted by Gasteiger charge is 2.18. The lowest BCUT2D eigenvalue weighted by molar-refractivity contribution is 0.426. The van der Waals surface area contributed by atoms with Crippen LogP contribution in [0.1, 0.15) is 43.7 Å². The van der Waals surface area contributed by atoms with Gasteiger partial charge in [-0.25, -0.2) is 0 Å². The lowest BCUT2D eigenvalue weighted by atomic mass is 9.99. The van der Waals surface area contributed by atoms with Crippen LogP contribution in [0.5, 0.6) is 0 Å². The van der Waals surface area contributed by atoms with Crippen molar-refractivity contribution < 1.29 is 8.78 Å². The molecule has 3 aromatic rings. The largest absolute Gasteiger partial charge is 0.347 e. The summed E-state index contributed by atoms with van der Waals surface area (Å²) in [5.41, 5.74) is 2.21. The Bertz CT molecular complexity index is 858. The lowest BCUT2D eigenvalue weighted by Gasteiger charge is -2.06. The van der Waals surface area contributed by atoms with Crippen LogP contribution < -0.4 is 0 Å². The highest BCUT2D eigenvalue weighted by atomic mass is 19.3. The standard InChI is InChI=1S/C22H23F2N/c1-2-3-4-10-15-25-16-19(18-13-8-9-14-20(18)25)21(22(23)24)17-11-6-5-7-12-17/h5-9,11-14,16H,2-4,10,15H2,1H3. The minimum absolute atomic E-state index is 0.0316. The van der Waals surface area contributed by atoms with Crippen LogP contribution in [-0.2, 0) is 6.54 Å². The van der Waals surface area contributed by atoms with E-state index in [9.17, 15) is 8.78 Å². The van der Waals surface area contributed by atoms with Gasteiger partial charge in [-0.3, -0.25) is 0 Å². The third kappa shape index (κ3) is 3.81. The molecule has 0 radical (unpaired) electrons. The smallest absolute Gasteiger partial charge is 0.278 e. The van der Waals surface area contributed by atoms with Crippen molar-refractivity contribution in [3.05, 3.63) is 78.0 Å². The number of unbranched alkanes of at least 4 members (excludes halogenated alkanes) is 3. The fourth-order valence-electron chi connectivity index (χ4n) is 3.31. The van der Waals surface area contributed by atoms with Crippen molar-refractivity contribution in [3.63, 3.8) is 0 Å². The van der Waals surface area contributed by atoms with Crippen molar-refractivity contribution in [2.45, 2.75) is 39.2 Å². The van der Waals surface area contributed by atoms with Crippen molar-refractivity contribution in [1.29, 1.82) is 0 Å². The number of rotatable bonds is 7. The molecule has 0 spiro atoms. The van der Waals surface area contributed by atoms with Gasteiger partial charge < -0.3 is 4.57 Å². The molecule has 0 aliphatic rings. The van der Waals surface area contributed by atoms with Crippen molar-refractivity contribution >= 4 is 16.5 Å². The maximum Gasteiger partial charge on any atom is 0.278 e. The van der Waals surface area contributed by atoms with Gasteiger partial charge in [0.2, 0.25) is 0 Å². The van der Waals surface area contributed by atoms with Gasteiger partial charge in [0, 0.05) is 29.2 Å². The van der Waals surface area contributed by atoms with Crippen LogP contribution >= 0.6 is 0 Å². The molecule has 0 amide bonds. The second kappa shape index (κ2) is 8.11. The summed E-state index contributed by atoms with van der Waals surface area (Å²) >= 11 is 0. The molecule has 0 unspecified atom stereocenters. The van der Waals surface area contributed by atoms with Gasteiger partial charge in [-0.2, -0.15) is 8.78 Å². The summed E-state index contributed by atoms with van der Waals surface area (Å²) in [6.07, 6.45) is 4.87. The molecule has 0 aliphatic heterocycles. The monoisotopic (exact) mass is 339 g/mol. The van der Waals surface area contributed by atoms with Crippen LogP contribution in [0.15, 0.2) is 66.9 Å². The predicted molar refractivity (Wildman–Crippen MR) is 101 cm³/mol. The Hall–Kier alpha value is -2.42. The Morgan fingerprint density at radius 2 is 1.60 bits per heavy atom. The van der Waals surface area contributed by atoms with Crippen LogP contribution in [0, 0.1) is 0 Å². The number of aryl methyl sites for hydroxylation is 1. The maximum atomic E-state index is 13.8. The van der Waals surface area contributed by atoms with Gasteiger partial charge in [-0.1, -0.05) is 74.7 Å². The molecule has 0 saturated heterocycles. The molecule has 1 nitrogen and oxygen atoms in total. The Labute approximate surface area is 147 Å². The first-order valence-electron chi connectivity index (χ1n) is 8.91. The molecule has 1 heterocycles. The average Bonchev–Trinajstić information content (AvgIpc) is 2.98. The maximum absolute atomic E-state index is 13.8. The van der Waals surface area contributed by atoms with Crippen molar-refractivity contribution in [2.24, 2.45) is 0 Å². The highest BCUT2D eigenvalue weighted by Crippen LogP contribution is 2.34. The molecular weight excluding hydrogens is 316 g/mol. The van der Waals surface area contributed by atoms with E-state index in [0.29, 0.717) is 11.1 Å². The van der Waals surface area contributed by atoms with Gasteiger partial charge in [0.1, 0.15) is 0 Å². The van der Waals surface area contributed by atoms with Gasteiger partial charge in [0.05, 0.1) is 5.57 Å². The van der Waals surface area contributed by atoms with Crippen LogP contribution in [0.4, 0.5) is 8.78 Å². The second-order valence-electron chi connectivity index (χ2n) is 6.32. The van der Waals surface area contributed by atoms with E-state index in [1.807, 2.05) is 36.5 Å². The van der Waals surface area contributed by atoms with E-state index in [1.165, 1.54) is 12.8 Å². The minimum atomic E-state index is -1.64. The Morgan fingerprint density at radius 3 is 2.32 bits per heavy atom. The molecule has 0 saturated carbocycles. The van der Waals surface area contributed by atoms with Gasteiger partial charge in [-0.05, 0) is 18.1 Å². The molecule has 0 fully saturated rings. The zero-order valence-corrected chi connectivity index (χ0v) is 14.5. The van der Waals surface area contributed by atoms with E-state index in [1.54, 1.807) is 24.3 Å². The van der Waals surface area contributed by atoms with E-state index in [4.69, 9.17) is 0 Å². The molecule has 130 valence electrons. The third-order valence-electron chi connectivity index (χ3n) is 4.56. The number of hydrogen-bond acceptors (Lipinski definition) is 0. The predicted octanol–water partition coefficient (Wildman–Crippen LogP) is 6.88. The summed E-state index contributed by atoms with van der Waals surface area (Å²) < 4.78 is 29.8. The molecule has 0 aliphatic carbocycles. The molecule has 3 rings (SSSR count). The Morgan fingerprint density at radius 1 is 0.880 bits per heavy atom. The lowest BCUT2D eigenvalue weighted by Crippen LogP contribution is -1.96. The number of benzene rings is 2. The van der Waals surface area contributed by atoms with Crippen LogP contribution in [0.2, 0.25) is 0 Å². The minimum Gasteiger partial charge on any atom is -0.347 e. The van der Waals surface area contributed by atoms with Gasteiger partial charge in [0.25, 0.3) is 6.08 Å². The molecule has 3 heteroatoms. The van der Waals surface area contributed by atoms with Crippen molar-refractivity contribution in [3.8, 4) is 0 Å². The van der Waals surface area contributed by atoms with Crippen molar-refractivity contribution in [2.75, 3.05) is 0 Å². The number of hydrogen-bond donors (Lipinski definition) is 0. The van der Waals surface area contributed by atoms with Gasteiger partial charge in [-0.15, -0.1) is 0 Å². The fourth-order valence-corrected chi connectivity index (χ4v) is 3.31. The number of fused-ring (bicyclic) bond motifs is 1. The van der Waals surface area contributed by atoms with E-state index < -0.39 is 6.08 Å². The fraction of sp³-hybridized carbons (Fsp3) is 0.273. The Balaban J connectivity index is 2.05. The number of aromatic nitrogens is 1. The molecule has 2 aromatic carbocycles. The number of halogens is 2.